The molecule has 0 bridgehead atoms. The standard InChI is InChI=1S/C18H22N2O3/c1-10-6-11(2)14-8-16(19-15(14)7-10)17(21)20(13-4-5-13)9-12(3)18(22)23/h6-8,12-13,19H,4-5,9H2,1-3H3,(H,22,23). The van der Waals surface area contributed by atoms with Crippen LogP contribution < -0.4 is 0 Å². The van der Waals surface area contributed by atoms with Crippen LogP contribution in [-0.4, -0.2) is 39.5 Å². The first kappa shape index (κ1) is 15.6. The monoisotopic (exact) mass is 314 g/mol. The molecule has 5 heteroatoms. The van der Waals surface area contributed by atoms with Gasteiger partial charge in [-0.05, 0) is 49.9 Å². The summed E-state index contributed by atoms with van der Waals surface area (Å²) in [5.74, 6) is -1.53. The average molecular weight is 314 g/mol. The molecule has 23 heavy (non-hydrogen) atoms. The van der Waals surface area contributed by atoms with Gasteiger partial charge >= 0.3 is 5.97 Å². The number of carbonyl (C=O) groups excluding carboxylic acids is 1. The van der Waals surface area contributed by atoms with Crippen LogP contribution >= 0.6 is 0 Å². The Labute approximate surface area is 135 Å². The van der Waals surface area contributed by atoms with Gasteiger partial charge in [0.2, 0.25) is 0 Å². The van der Waals surface area contributed by atoms with Crippen LogP contribution in [0.5, 0.6) is 0 Å². The van der Waals surface area contributed by atoms with E-state index in [1.165, 1.54) is 0 Å². The second-order valence-electron chi connectivity index (χ2n) is 6.65. The lowest BCUT2D eigenvalue weighted by atomic mass is 10.1. The Kier molecular flexibility index (Phi) is 3.88. The van der Waals surface area contributed by atoms with E-state index in [-0.39, 0.29) is 18.5 Å². The van der Waals surface area contributed by atoms with Gasteiger partial charge in [-0.2, -0.15) is 0 Å². The van der Waals surface area contributed by atoms with Crippen molar-refractivity contribution < 1.29 is 14.7 Å². The molecule has 1 aromatic carbocycles. The Morgan fingerprint density at radius 3 is 2.61 bits per heavy atom. The quantitative estimate of drug-likeness (QED) is 0.890. The highest BCUT2D eigenvalue weighted by atomic mass is 16.4. The van der Waals surface area contributed by atoms with Gasteiger partial charge in [-0.15, -0.1) is 0 Å². The van der Waals surface area contributed by atoms with Crippen molar-refractivity contribution in [2.45, 2.75) is 39.7 Å². The van der Waals surface area contributed by atoms with Crippen LogP contribution in [0.1, 0.15) is 41.4 Å². The summed E-state index contributed by atoms with van der Waals surface area (Å²) in [6.45, 7) is 5.96. The van der Waals surface area contributed by atoms with Crippen molar-refractivity contribution in [2.75, 3.05) is 6.54 Å². The zero-order valence-electron chi connectivity index (χ0n) is 13.7. The first-order valence-electron chi connectivity index (χ1n) is 8.00. The fourth-order valence-electron chi connectivity index (χ4n) is 3.03. The number of carboxylic acid groups (broad SMARTS) is 1. The maximum absolute atomic E-state index is 12.9. The number of H-pyrrole nitrogens is 1. The number of fused-ring (bicyclic) bond motifs is 1. The molecule has 122 valence electrons. The van der Waals surface area contributed by atoms with Crippen molar-refractivity contribution in [2.24, 2.45) is 5.92 Å². The van der Waals surface area contributed by atoms with Crippen LogP contribution in [0.25, 0.3) is 10.9 Å². The van der Waals surface area contributed by atoms with Gasteiger partial charge in [0.15, 0.2) is 0 Å². The van der Waals surface area contributed by atoms with Crippen molar-refractivity contribution in [1.82, 2.24) is 9.88 Å². The van der Waals surface area contributed by atoms with Crippen LogP contribution in [0, 0.1) is 19.8 Å². The van der Waals surface area contributed by atoms with E-state index in [0.717, 1.165) is 34.9 Å². The number of carbonyl (C=O) groups is 2. The summed E-state index contributed by atoms with van der Waals surface area (Å²) in [4.78, 5) is 28.9. The number of nitrogens with zero attached hydrogens (tertiary/aromatic N) is 1. The van der Waals surface area contributed by atoms with Crippen LogP contribution in [0.15, 0.2) is 18.2 Å². The highest BCUT2D eigenvalue weighted by Gasteiger charge is 2.35. The minimum Gasteiger partial charge on any atom is -0.481 e. The van der Waals surface area contributed by atoms with E-state index >= 15 is 0 Å². The summed E-state index contributed by atoms with van der Waals surface area (Å²) < 4.78 is 0. The molecule has 0 saturated heterocycles. The third-order valence-corrected chi connectivity index (χ3v) is 4.46. The topological polar surface area (TPSA) is 73.4 Å². The molecule has 2 N–H and O–H groups in total. The Morgan fingerprint density at radius 2 is 2.00 bits per heavy atom. The van der Waals surface area contributed by atoms with Crippen molar-refractivity contribution in [3.8, 4) is 0 Å². The average Bonchev–Trinajstić information content (AvgIpc) is 3.22. The van der Waals surface area contributed by atoms with Crippen LogP contribution in [-0.2, 0) is 4.79 Å². The number of aromatic nitrogens is 1. The van der Waals surface area contributed by atoms with Gasteiger partial charge < -0.3 is 15.0 Å². The molecule has 5 nitrogen and oxygen atoms in total. The fraction of sp³-hybridized carbons (Fsp3) is 0.444. The van der Waals surface area contributed by atoms with Crippen molar-refractivity contribution in [3.63, 3.8) is 0 Å². The number of carboxylic acids is 1. The predicted octanol–water partition coefficient (Wildman–Crippen LogP) is 3.11. The number of aromatic amines is 1. The lowest BCUT2D eigenvalue weighted by Crippen LogP contribution is -2.38. The summed E-state index contributed by atoms with van der Waals surface area (Å²) >= 11 is 0. The number of hydrogen-bond acceptors (Lipinski definition) is 2. The maximum atomic E-state index is 12.9. The second-order valence-corrected chi connectivity index (χ2v) is 6.65. The first-order valence-corrected chi connectivity index (χ1v) is 8.00. The van der Waals surface area contributed by atoms with Gasteiger partial charge in [0.05, 0.1) is 5.92 Å². The molecule has 0 aliphatic heterocycles. The number of aryl methyl sites for hydroxylation is 2. The summed E-state index contributed by atoms with van der Waals surface area (Å²) in [5.41, 5.74) is 3.77. The molecule has 0 radical (unpaired) electrons. The minimum absolute atomic E-state index is 0.103. The van der Waals surface area contributed by atoms with E-state index in [9.17, 15) is 9.59 Å². The van der Waals surface area contributed by atoms with Crippen molar-refractivity contribution in [3.05, 3.63) is 35.0 Å². The van der Waals surface area contributed by atoms with Crippen LogP contribution in [0.3, 0.4) is 0 Å². The highest BCUT2D eigenvalue weighted by molar-refractivity contribution is 5.99. The van der Waals surface area contributed by atoms with Gasteiger partial charge in [-0.1, -0.05) is 13.0 Å². The predicted molar refractivity (Wildman–Crippen MR) is 88.6 cm³/mol. The molecule has 1 saturated carbocycles. The Bertz CT molecular complexity index is 774. The number of hydrogen-bond donors (Lipinski definition) is 2. The van der Waals surface area contributed by atoms with Gasteiger partial charge in [0.25, 0.3) is 5.91 Å². The van der Waals surface area contributed by atoms with Gasteiger partial charge in [0.1, 0.15) is 5.69 Å². The van der Waals surface area contributed by atoms with E-state index in [1.807, 2.05) is 26.0 Å². The maximum Gasteiger partial charge on any atom is 0.308 e. The van der Waals surface area contributed by atoms with Gasteiger partial charge in [0, 0.05) is 23.5 Å². The van der Waals surface area contributed by atoms with E-state index in [2.05, 4.69) is 11.1 Å². The van der Waals surface area contributed by atoms with Crippen LogP contribution in [0.2, 0.25) is 0 Å². The molecule has 1 aliphatic rings. The van der Waals surface area contributed by atoms with Crippen molar-refractivity contribution in [1.29, 1.82) is 0 Å². The van der Waals surface area contributed by atoms with E-state index in [0.29, 0.717) is 5.69 Å². The third kappa shape index (κ3) is 3.09. The number of nitrogens with one attached hydrogen (secondary N) is 1. The Hall–Kier alpha value is -2.30. The molecular formula is C18H22N2O3. The fourth-order valence-corrected chi connectivity index (χ4v) is 3.03. The molecule has 2 aromatic rings. The zero-order valence-corrected chi connectivity index (χ0v) is 13.7. The minimum atomic E-state index is -0.869. The molecular weight excluding hydrogens is 292 g/mol. The van der Waals surface area contributed by atoms with Gasteiger partial charge in [-0.25, -0.2) is 0 Å². The number of rotatable bonds is 5. The van der Waals surface area contributed by atoms with Crippen LogP contribution in [0.4, 0.5) is 0 Å². The summed E-state index contributed by atoms with van der Waals surface area (Å²) in [6, 6.07) is 6.18. The highest BCUT2D eigenvalue weighted by Crippen LogP contribution is 2.30. The largest absolute Gasteiger partial charge is 0.481 e. The normalized spacial score (nSPS) is 15.6. The summed E-state index contributed by atoms with van der Waals surface area (Å²) in [7, 11) is 0. The molecule has 1 atom stereocenters. The molecule has 1 aliphatic carbocycles. The molecule has 1 heterocycles. The SMILES string of the molecule is Cc1cc(C)c2cc(C(=O)N(CC(C)C(=O)O)C3CC3)[nH]c2c1. The Morgan fingerprint density at radius 1 is 1.30 bits per heavy atom. The van der Waals surface area contributed by atoms with E-state index in [4.69, 9.17) is 5.11 Å². The Balaban J connectivity index is 1.91. The number of benzene rings is 1. The summed E-state index contributed by atoms with van der Waals surface area (Å²) in [5, 5.41) is 10.2. The van der Waals surface area contributed by atoms with E-state index < -0.39 is 11.9 Å². The zero-order chi connectivity index (χ0) is 16.7. The smallest absolute Gasteiger partial charge is 0.308 e. The molecule has 0 spiro atoms. The van der Waals surface area contributed by atoms with Gasteiger partial charge in [-0.3, -0.25) is 9.59 Å². The molecule has 1 aromatic heterocycles. The number of aliphatic carboxylic acids is 1. The van der Waals surface area contributed by atoms with E-state index in [1.54, 1.807) is 11.8 Å². The first-order chi connectivity index (χ1) is 10.9. The lowest BCUT2D eigenvalue weighted by molar-refractivity contribution is -0.141. The summed E-state index contributed by atoms with van der Waals surface area (Å²) in [6.07, 6.45) is 1.91. The molecule has 3 rings (SSSR count). The lowest BCUT2D eigenvalue weighted by Gasteiger charge is -2.23. The van der Waals surface area contributed by atoms with Crippen molar-refractivity contribution >= 4 is 22.8 Å². The molecule has 1 fully saturated rings. The third-order valence-electron chi connectivity index (χ3n) is 4.46. The molecule has 1 unspecified atom stereocenters. The number of amides is 1. The molecule has 1 amide bonds. The second kappa shape index (κ2) is 5.72.